The van der Waals surface area contributed by atoms with Crippen molar-refractivity contribution in [3.8, 4) is 0 Å². The minimum atomic E-state index is -3.23. The minimum Gasteiger partial charge on any atom is -0.360 e. The van der Waals surface area contributed by atoms with Crippen LogP contribution in [0.5, 0.6) is 0 Å². The van der Waals surface area contributed by atoms with Gasteiger partial charge < -0.3 is 4.98 Å². The monoisotopic (exact) mass is 223 g/mol. The fraction of sp³-hybridized carbons (Fsp3) is 0.100. The van der Waals surface area contributed by atoms with E-state index in [1.807, 2.05) is 0 Å². The molecule has 0 amide bonds. The molecule has 2 aromatic rings. The van der Waals surface area contributed by atoms with Gasteiger partial charge in [-0.2, -0.15) is 0 Å². The van der Waals surface area contributed by atoms with Crippen molar-refractivity contribution in [1.29, 1.82) is 0 Å². The fourth-order valence-electron chi connectivity index (χ4n) is 1.45. The molecule has 4 nitrogen and oxygen atoms in total. The summed E-state index contributed by atoms with van der Waals surface area (Å²) in [7, 11) is -3.23. The molecule has 2 rings (SSSR count). The van der Waals surface area contributed by atoms with Crippen LogP contribution in [0.2, 0.25) is 0 Å². The van der Waals surface area contributed by atoms with Gasteiger partial charge in [-0.1, -0.05) is 0 Å². The number of aldehydes is 1. The van der Waals surface area contributed by atoms with Gasteiger partial charge in [0.2, 0.25) is 0 Å². The number of nitrogens with one attached hydrogen (secondary N) is 1. The number of sulfone groups is 1. The number of benzene rings is 1. The number of fused-ring (bicyclic) bond motifs is 1. The average molecular weight is 223 g/mol. The summed E-state index contributed by atoms with van der Waals surface area (Å²) < 4.78 is 22.6. The van der Waals surface area contributed by atoms with Crippen LogP contribution in [0.25, 0.3) is 10.9 Å². The number of aromatic amines is 1. The second-order valence-electron chi connectivity index (χ2n) is 3.34. The third-order valence-electron chi connectivity index (χ3n) is 2.24. The van der Waals surface area contributed by atoms with Crippen molar-refractivity contribution >= 4 is 27.0 Å². The van der Waals surface area contributed by atoms with Crippen molar-refractivity contribution < 1.29 is 13.2 Å². The van der Waals surface area contributed by atoms with Gasteiger partial charge in [0.15, 0.2) is 16.1 Å². The molecule has 0 aliphatic rings. The first-order valence-corrected chi connectivity index (χ1v) is 6.18. The number of aromatic nitrogens is 1. The van der Waals surface area contributed by atoms with Gasteiger partial charge in [0.1, 0.15) is 0 Å². The summed E-state index contributed by atoms with van der Waals surface area (Å²) in [6.07, 6.45) is 3.40. The molecular formula is C10H9NO3S. The Morgan fingerprint density at radius 2 is 2.07 bits per heavy atom. The van der Waals surface area contributed by atoms with Crippen LogP contribution in [0.4, 0.5) is 0 Å². The molecule has 1 aromatic heterocycles. The summed E-state index contributed by atoms with van der Waals surface area (Å²) in [6, 6.07) is 4.67. The van der Waals surface area contributed by atoms with Crippen LogP contribution in [0.3, 0.4) is 0 Å². The highest BCUT2D eigenvalue weighted by molar-refractivity contribution is 7.90. The molecule has 0 aliphatic carbocycles. The van der Waals surface area contributed by atoms with E-state index in [4.69, 9.17) is 0 Å². The first kappa shape index (κ1) is 9.92. The number of carbonyl (C=O) groups excluding carboxylic acids is 1. The normalized spacial score (nSPS) is 11.8. The lowest BCUT2D eigenvalue weighted by atomic mass is 10.2. The van der Waals surface area contributed by atoms with E-state index < -0.39 is 9.84 Å². The van der Waals surface area contributed by atoms with E-state index in [1.165, 1.54) is 12.1 Å². The molecule has 5 heteroatoms. The van der Waals surface area contributed by atoms with Gasteiger partial charge in [0.25, 0.3) is 0 Å². The number of hydrogen-bond acceptors (Lipinski definition) is 3. The number of hydrogen-bond donors (Lipinski definition) is 1. The first-order valence-electron chi connectivity index (χ1n) is 4.29. The molecule has 0 saturated heterocycles. The highest BCUT2D eigenvalue weighted by atomic mass is 32.2. The summed E-state index contributed by atoms with van der Waals surface area (Å²) in [4.78, 5) is 13.8. The van der Waals surface area contributed by atoms with Crippen molar-refractivity contribution in [2.75, 3.05) is 6.26 Å². The Morgan fingerprint density at radius 3 is 2.67 bits per heavy atom. The number of rotatable bonds is 2. The SMILES string of the molecule is CS(=O)(=O)c1ccc2[nH]cc(C=O)c2c1. The Bertz CT molecular complexity index is 625. The molecule has 0 bridgehead atoms. The summed E-state index contributed by atoms with van der Waals surface area (Å²) in [5.41, 5.74) is 1.22. The van der Waals surface area contributed by atoms with Gasteiger partial charge in [-0.25, -0.2) is 8.42 Å². The van der Waals surface area contributed by atoms with Gasteiger partial charge in [-0.15, -0.1) is 0 Å². The highest BCUT2D eigenvalue weighted by Gasteiger charge is 2.10. The minimum absolute atomic E-state index is 0.220. The predicted molar refractivity (Wildman–Crippen MR) is 56.8 cm³/mol. The maximum atomic E-state index is 11.3. The molecule has 0 radical (unpaired) electrons. The summed E-state index contributed by atoms with van der Waals surface area (Å²) in [5, 5.41) is 0.632. The Hall–Kier alpha value is -1.62. The van der Waals surface area contributed by atoms with E-state index in [-0.39, 0.29) is 4.90 Å². The number of carbonyl (C=O) groups is 1. The molecular weight excluding hydrogens is 214 g/mol. The van der Waals surface area contributed by atoms with Gasteiger partial charge >= 0.3 is 0 Å². The van der Waals surface area contributed by atoms with Crippen molar-refractivity contribution in [2.24, 2.45) is 0 Å². The van der Waals surface area contributed by atoms with Crippen LogP contribution in [0.15, 0.2) is 29.3 Å². The molecule has 1 N–H and O–H groups in total. The molecule has 15 heavy (non-hydrogen) atoms. The van der Waals surface area contributed by atoms with Crippen LogP contribution in [-0.4, -0.2) is 25.9 Å². The van der Waals surface area contributed by atoms with Crippen LogP contribution in [-0.2, 0) is 9.84 Å². The van der Waals surface area contributed by atoms with Gasteiger partial charge in [-0.05, 0) is 18.2 Å². The highest BCUT2D eigenvalue weighted by Crippen LogP contribution is 2.20. The summed E-state index contributed by atoms with van der Waals surface area (Å²) in [5.74, 6) is 0. The van der Waals surface area contributed by atoms with Gasteiger partial charge in [0.05, 0.1) is 4.90 Å². The van der Waals surface area contributed by atoms with Crippen molar-refractivity contribution in [2.45, 2.75) is 4.90 Å². The zero-order chi connectivity index (χ0) is 11.1. The summed E-state index contributed by atoms with van der Waals surface area (Å²) >= 11 is 0. The Labute approximate surface area is 86.8 Å². The fourth-order valence-corrected chi connectivity index (χ4v) is 2.10. The van der Waals surface area contributed by atoms with E-state index >= 15 is 0 Å². The van der Waals surface area contributed by atoms with E-state index in [9.17, 15) is 13.2 Å². The molecule has 0 spiro atoms. The van der Waals surface area contributed by atoms with Crippen LogP contribution in [0, 0.1) is 0 Å². The molecule has 0 unspecified atom stereocenters. The molecule has 1 heterocycles. The Morgan fingerprint density at radius 1 is 1.33 bits per heavy atom. The zero-order valence-electron chi connectivity index (χ0n) is 8.02. The lowest BCUT2D eigenvalue weighted by Gasteiger charge is -1.98. The second-order valence-corrected chi connectivity index (χ2v) is 5.36. The maximum absolute atomic E-state index is 11.3. The standard InChI is InChI=1S/C10H9NO3S/c1-15(13,14)8-2-3-10-9(4-8)7(6-12)5-11-10/h2-6,11H,1H3. The predicted octanol–water partition coefficient (Wildman–Crippen LogP) is 1.38. The van der Waals surface area contributed by atoms with Crippen LogP contribution in [0.1, 0.15) is 10.4 Å². The smallest absolute Gasteiger partial charge is 0.175 e. The largest absolute Gasteiger partial charge is 0.360 e. The average Bonchev–Trinajstić information content (AvgIpc) is 2.57. The Balaban J connectivity index is 2.79. The lowest BCUT2D eigenvalue weighted by Crippen LogP contribution is -1.96. The number of H-pyrrole nitrogens is 1. The van der Waals surface area contributed by atoms with Gasteiger partial charge in [0, 0.05) is 28.9 Å². The molecule has 0 fully saturated rings. The third kappa shape index (κ3) is 1.66. The van der Waals surface area contributed by atoms with Crippen molar-refractivity contribution in [3.63, 3.8) is 0 Å². The molecule has 78 valence electrons. The molecule has 0 atom stereocenters. The van der Waals surface area contributed by atoms with E-state index in [1.54, 1.807) is 12.3 Å². The second kappa shape index (κ2) is 3.20. The van der Waals surface area contributed by atoms with Crippen LogP contribution >= 0.6 is 0 Å². The van der Waals surface area contributed by atoms with E-state index in [0.717, 1.165) is 11.8 Å². The maximum Gasteiger partial charge on any atom is 0.175 e. The Kier molecular flexibility index (Phi) is 2.12. The topological polar surface area (TPSA) is 67.0 Å². The van der Waals surface area contributed by atoms with E-state index in [0.29, 0.717) is 17.2 Å². The molecule has 0 saturated carbocycles. The first-order chi connectivity index (χ1) is 7.02. The lowest BCUT2D eigenvalue weighted by molar-refractivity contribution is 0.112. The molecule has 0 aliphatic heterocycles. The van der Waals surface area contributed by atoms with Crippen LogP contribution < -0.4 is 0 Å². The molecule has 1 aromatic carbocycles. The third-order valence-corrected chi connectivity index (χ3v) is 3.35. The quantitative estimate of drug-likeness (QED) is 0.782. The zero-order valence-corrected chi connectivity index (χ0v) is 8.84. The van der Waals surface area contributed by atoms with Gasteiger partial charge in [-0.3, -0.25) is 4.79 Å². The van der Waals surface area contributed by atoms with E-state index in [2.05, 4.69) is 4.98 Å². The van der Waals surface area contributed by atoms with Crippen molar-refractivity contribution in [1.82, 2.24) is 4.98 Å². The summed E-state index contributed by atoms with van der Waals surface area (Å²) in [6.45, 7) is 0. The van der Waals surface area contributed by atoms with Crippen molar-refractivity contribution in [3.05, 3.63) is 30.0 Å².